The van der Waals surface area contributed by atoms with Crippen LogP contribution in [0.15, 0.2) is 65.5 Å². The smallest absolute Gasteiger partial charge is 0.257 e. The van der Waals surface area contributed by atoms with Gasteiger partial charge in [0.2, 0.25) is 5.91 Å². The topological polar surface area (TPSA) is 55.2 Å². The van der Waals surface area contributed by atoms with Gasteiger partial charge >= 0.3 is 0 Å². The quantitative estimate of drug-likeness (QED) is 0.592. The van der Waals surface area contributed by atoms with E-state index in [0.29, 0.717) is 25.3 Å². The number of benzene rings is 2. The van der Waals surface area contributed by atoms with Crippen LogP contribution in [0.5, 0.6) is 0 Å². The van der Waals surface area contributed by atoms with Gasteiger partial charge in [-0.15, -0.1) is 0 Å². The molecule has 2 heterocycles. The summed E-state index contributed by atoms with van der Waals surface area (Å²) in [7, 11) is 0. The third kappa shape index (κ3) is 4.24. The Morgan fingerprint density at radius 1 is 0.939 bits per heavy atom. The monoisotopic (exact) mass is 441 g/mol. The predicted octanol–water partition coefficient (Wildman–Crippen LogP) is 4.65. The van der Waals surface area contributed by atoms with Gasteiger partial charge in [0.05, 0.1) is 18.3 Å². The summed E-state index contributed by atoms with van der Waals surface area (Å²) in [5, 5.41) is 0. The molecule has 0 unspecified atom stereocenters. The summed E-state index contributed by atoms with van der Waals surface area (Å²) in [6.07, 6.45) is 6.07. The molecular formula is C28H31N3O2. The van der Waals surface area contributed by atoms with Crippen LogP contribution in [-0.4, -0.2) is 26.9 Å². The maximum atomic E-state index is 13.8. The molecule has 5 rings (SSSR count). The number of aromatic nitrogens is 2. The van der Waals surface area contributed by atoms with Gasteiger partial charge < -0.3 is 4.90 Å². The number of fused-ring (bicyclic) bond motifs is 1. The highest BCUT2D eigenvalue weighted by Gasteiger charge is 2.31. The minimum atomic E-state index is -0.236. The third-order valence-corrected chi connectivity index (χ3v) is 7.20. The lowest BCUT2D eigenvalue weighted by Gasteiger charge is -2.33. The molecule has 2 aliphatic rings. The number of carbonyl (C=O) groups is 1. The van der Waals surface area contributed by atoms with Crippen molar-refractivity contribution in [3.8, 4) is 0 Å². The first kappa shape index (κ1) is 21.6. The van der Waals surface area contributed by atoms with Crippen molar-refractivity contribution in [1.29, 1.82) is 0 Å². The number of nitrogens with zero attached hydrogens (tertiary/aromatic N) is 3. The summed E-state index contributed by atoms with van der Waals surface area (Å²) in [6.45, 7) is 2.95. The molecule has 0 radical (unpaired) electrons. The Labute approximate surface area is 195 Å². The van der Waals surface area contributed by atoms with Gasteiger partial charge in [-0.2, -0.15) is 0 Å². The molecule has 5 nitrogen and oxygen atoms in total. The lowest BCUT2D eigenvalue weighted by atomic mass is 9.88. The molecule has 1 amide bonds. The van der Waals surface area contributed by atoms with Crippen molar-refractivity contribution in [3.63, 3.8) is 0 Å². The molecule has 2 aromatic carbocycles. The second-order valence-electron chi connectivity index (χ2n) is 9.33. The highest BCUT2D eigenvalue weighted by molar-refractivity contribution is 5.79. The van der Waals surface area contributed by atoms with Crippen molar-refractivity contribution in [1.82, 2.24) is 14.5 Å². The Kier molecular flexibility index (Phi) is 6.12. The molecule has 1 fully saturated rings. The van der Waals surface area contributed by atoms with E-state index in [1.165, 1.54) is 6.42 Å². The molecule has 33 heavy (non-hydrogen) atoms. The number of carbonyl (C=O) groups excluding carboxylic acids is 1. The van der Waals surface area contributed by atoms with Crippen LogP contribution in [0.25, 0.3) is 0 Å². The molecule has 3 aromatic rings. The molecular weight excluding hydrogens is 410 g/mol. The largest absolute Gasteiger partial charge is 0.336 e. The summed E-state index contributed by atoms with van der Waals surface area (Å²) >= 11 is 0. The van der Waals surface area contributed by atoms with Crippen molar-refractivity contribution in [2.24, 2.45) is 5.92 Å². The third-order valence-electron chi connectivity index (χ3n) is 7.20. The molecule has 1 saturated carbocycles. The summed E-state index contributed by atoms with van der Waals surface area (Å²) < 4.78 is 1.84. The van der Waals surface area contributed by atoms with E-state index in [1.807, 2.05) is 52.8 Å². The van der Waals surface area contributed by atoms with Crippen LogP contribution >= 0.6 is 0 Å². The Morgan fingerprint density at radius 3 is 2.15 bits per heavy atom. The molecule has 1 aromatic heterocycles. The summed E-state index contributed by atoms with van der Waals surface area (Å²) in [5.41, 5.74) is 3.65. The molecule has 170 valence electrons. The molecule has 0 atom stereocenters. The van der Waals surface area contributed by atoms with Gasteiger partial charge in [0.25, 0.3) is 5.56 Å². The van der Waals surface area contributed by atoms with E-state index in [-0.39, 0.29) is 23.4 Å². The van der Waals surface area contributed by atoms with Crippen LogP contribution < -0.4 is 5.56 Å². The summed E-state index contributed by atoms with van der Waals surface area (Å²) in [4.78, 5) is 33.7. The number of amides is 1. The molecule has 0 N–H and O–H groups in total. The van der Waals surface area contributed by atoms with Gasteiger partial charge in [-0.1, -0.05) is 79.9 Å². The van der Waals surface area contributed by atoms with Crippen molar-refractivity contribution in [2.45, 2.75) is 58.0 Å². The van der Waals surface area contributed by atoms with Crippen LogP contribution in [0.1, 0.15) is 66.4 Å². The minimum Gasteiger partial charge on any atom is -0.336 e. The summed E-state index contributed by atoms with van der Waals surface area (Å²) in [5.74, 6) is 1.07. The van der Waals surface area contributed by atoms with E-state index in [2.05, 4.69) is 24.3 Å². The number of hydrogen-bond acceptors (Lipinski definition) is 3. The molecule has 0 bridgehead atoms. The van der Waals surface area contributed by atoms with Gasteiger partial charge in [-0.3, -0.25) is 14.2 Å². The van der Waals surface area contributed by atoms with Gasteiger partial charge in [-0.25, -0.2) is 4.98 Å². The molecule has 0 spiro atoms. The van der Waals surface area contributed by atoms with Crippen LogP contribution in [-0.2, 0) is 17.8 Å². The van der Waals surface area contributed by atoms with E-state index in [0.717, 1.165) is 48.1 Å². The fourth-order valence-corrected chi connectivity index (χ4v) is 5.48. The van der Waals surface area contributed by atoms with Crippen molar-refractivity contribution >= 4 is 5.91 Å². The standard InChI is InChI=1S/C28H31N3O2/c1-20-29-25-19-30(27(32)23-15-9-4-10-16-23)18-17-24(25)28(33)31(20)26(21-11-5-2-6-12-21)22-13-7-3-8-14-22/h2-3,5-8,11-14,23,26H,4,9-10,15-19H2,1H3. The zero-order valence-corrected chi connectivity index (χ0v) is 19.2. The predicted molar refractivity (Wildman–Crippen MR) is 129 cm³/mol. The van der Waals surface area contributed by atoms with Gasteiger partial charge in [0, 0.05) is 18.0 Å². The molecule has 0 saturated heterocycles. The lowest BCUT2D eigenvalue weighted by Crippen LogP contribution is -2.44. The van der Waals surface area contributed by atoms with E-state index >= 15 is 0 Å². The fourth-order valence-electron chi connectivity index (χ4n) is 5.48. The van der Waals surface area contributed by atoms with Crippen molar-refractivity contribution in [3.05, 3.63) is 99.2 Å². The minimum absolute atomic E-state index is 0.0139. The number of hydrogen-bond donors (Lipinski definition) is 0. The zero-order valence-electron chi connectivity index (χ0n) is 19.2. The molecule has 1 aliphatic carbocycles. The maximum Gasteiger partial charge on any atom is 0.257 e. The first-order valence-electron chi connectivity index (χ1n) is 12.1. The van der Waals surface area contributed by atoms with Crippen molar-refractivity contribution < 1.29 is 4.79 Å². The normalized spacial score (nSPS) is 16.6. The second kappa shape index (κ2) is 9.34. The van der Waals surface area contributed by atoms with Crippen LogP contribution in [0.2, 0.25) is 0 Å². The zero-order chi connectivity index (χ0) is 22.8. The van der Waals surface area contributed by atoms with Gasteiger partial charge in [0.1, 0.15) is 5.82 Å². The second-order valence-corrected chi connectivity index (χ2v) is 9.33. The number of aryl methyl sites for hydroxylation is 1. The Hall–Kier alpha value is -3.21. The molecule has 1 aliphatic heterocycles. The van der Waals surface area contributed by atoms with Crippen LogP contribution in [0, 0.1) is 12.8 Å². The van der Waals surface area contributed by atoms with E-state index in [9.17, 15) is 9.59 Å². The maximum absolute atomic E-state index is 13.8. The SMILES string of the molecule is Cc1nc2c(c(=O)n1C(c1ccccc1)c1ccccc1)CCN(C(=O)C1CCCCC1)C2. The van der Waals surface area contributed by atoms with Crippen LogP contribution in [0.3, 0.4) is 0 Å². The highest BCUT2D eigenvalue weighted by atomic mass is 16.2. The lowest BCUT2D eigenvalue weighted by molar-refractivity contribution is -0.137. The van der Waals surface area contributed by atoms with Crippen LogP contribution in [0.4, 0.5) is 0 Å². The Balaban J connectivity index is 1.52. The van der Waals surface area contributed by atoms with Crippen molar-refractivity contribution in [2.75, 3.05) is 6.54 Å². The fraction of sp³-hybridized carbons (Fsp3) is 0.393. The molecule has 5 heteroatoms. The van der Waals surface area contributed by atoms with Gasteiger partial charge in [0.15, 0.2) is 0 Å². The van der Waals surface area contributed by atoms with E-state index in [1.54, 1.807) is 0 Å². The Bertz CT molecular complexity index is 1140. The average Bonchev–Trinajstić information content (AvgIpc) is 2.87. The highest BCUT2D eigenvalue weighted by Crippen LogP contribution is 2.29. The summed E-state index contributed by atoms with van der Waals surface area (Å²) in [6, 6.07) is 20.0. The average molecular weight is 442 g/mol. The Morgan fingerprint density at radius 2 is 1.55 bits per heavy atom. The van der Waals surface area contributed by atoms with Gasteiger partial charge in [-0.05, 0) is 37.3 Å². The van der Waals surface area contributed by atoms with E-state index in [4.69, 9.17) is 4.98 Å². The number of rotatable bonds is 4. The first-order chi connectivity index (χ1) is 16.1. The van der Waals surface area contributed by atoms with E-state index < -0.39 is 0 Å². The first-order valence-corrected chi connectivity index (χ1v) is 12.1.